The van der Waals surface area contributed by atoms with Gasteiger partial charge in [0.2, 0.25) is 5.89 Å². The molecule has 0 spiro atoms. The first-order chi connectivity index (χ1) is 8.75. The molecule has 5 nitrogen and oxygen atoms in total. The molecule has 1 aliphatic rings. The Morgan fingerprint density at radius 1 is 1.39 bits per heavy atom. The minimum atomic E-state index is -0.258. The van der Waals surface area contributed by atoms with Crippen LogP contribution in [0, 0.1) is 0 Å². The van der Waals surface area contributed by atoms with Crippen molar-refractivity contribution in [1.29, 1.82) is 0 Å². The van der Waals surface area contributed by atoms with Crippen molar-refractivity contribution < 1.29 is 9.15 Å². The lowest BCUT2D eigenvalue weighted by molar-refractivity contribution is 0.0346. The Kier molecular flexibility index (Phi) is 5.26. The third-order valence-electron chi connectivity index (χ3n) is 3.06. The van der Waals surface area contributed by atoms with Gasteiger partial charge >= 0.3 is 6.01 Å². The topological polar surface area (TPSA) is 60.2 Å². The minimum absolute atomic E-state index is 0.258. The van der Waals surface area contributed by atoms with Crippen LogP contribution in [0.5, 0.6) is 0 Å². The summed E-state index contributed by atoms with van der Waals surface area (Å²) in [5.74, 6) is 0.437. The Morgan fingerprint density at radius 3 is 2.83 bits per heavy atom. The molecule has 1 aromatic heterocycles. The summed E-state index contributed by atoms with van der Waals surface area (Å²) in [4.78, 5) is 0. The van der Waals surface area contributed by atoms with Gasteiger partial charge in [0.05, 0.1) is 12.7 Å². The van der Waals surface area contributed by atoms with E-state index >= 15 is 0 Å². The maximum absolute atomic E-state index is 5.83. The molecule has 1 aromatic rings. The van der Waals surface area contributed by atoms with Gasteiger partial charge in [-0.05, 0) is 19.8 Å². The van der Waals surface area contributed by atoms with Crippen LogP contribution in [0.1, 0.15) is 50.3 Å². The molecule has 2 rings (SSSR count). The van der Waals surface area contributed by atoms with E-state index in [1.165, 1.54) is 32.1 Å². The molecule has 0 bridgehead atoms. The molecule has 1 unspecified atom stereocenters. The van der Waals surface area contributed by atoms with Crippen LogP contribution in [0.15, 0.2) is 4.42 Å². The van der Waals surface area contributed by atoms with Crippen molar-refractivity contribution in [3.63, 3.8) is 0 Å². The van der Waals surface area contributed by atoms with Crippen molar-refractivity contribution >= 4 is 17.6 Å². The Morgan fingerprint density at radius 2 is 2.17 bits per heavy atom. The van der Waals surface area contributed by atoms with Crippen molar-refractivity contribution in [3.8, 4) is 0 Å². The molecule has 18 heavy (non-hydrogen) atoms. The fraction of sp³-hybridized carbons (Fsp3) is 0.833. The predicted octanol–water partition coefficient (Wildman–Crippen LogP) is 3.13. The molecular weight excluding hydrogens is 254 g/mol. The Hall–Kier alpha value is -0.810. The van der Waals surface area contributed by atoms with Gasteiger partial charge in [0.25, 0.3) is 0 Å². The van der Waals surface area contributed by atoms with Gasteiger partial charge in [-0.1, -0.05) is 24.4 Å². The summed E-state index contributed by atoms with van der Waals surface area (Å²) < 4.78 is 11.1. The summed E-state index contributed by atoms with van der Waals surface area (Å²) in [5, 5.41) is 10.5. The van der Waals surface area contributed by atoms with Crippen LogP contribution in [0.3, 0.4) is 0 Å². The molecular formula is C12H20ClN3O2. The average Bonchev–Trinajstić information content (AvgIpc) is 2.85. The Labute approximate surface area is 112 Å². The maximum atomic E-state index is 5.83. The van der Waals surface area contributed by atoms with Crippen molar-refractivity contribution in [1.82, 2.24) is 10.2 Å². The second kappa shape index (κ2) is 6.95. The molecule has 1 fully saturated rings. The molecule has 0 aliphatic heterocycles. The van der Waals surface area contributed by atoms with Crippen molar-refractivity contribution in [2.24, 2.45) is 0 Å². The first-order valence-electron chi connectivity index (χ1n) is 6.58. The number of anilines is 1. The van der Waals surface area contributed by atoms with E-state index in [9.17, 15) is 0 Å². The lowest BCUT2D eigenvalue weighted by Gasteiger charge is -2.21. The SMILES string of the molecule is CC(Cl)c1nnc(NCCOC2CCCCC2)o1. The second-order valence-corrected chi connectivity index (χ2v) is 5.27. The van der Waals surface area contributed by atoms with Gasteiger partial charge in [0, 0.05) is 6.54 Å². The van der Waals surface area contributed by atoms with E-state index in [4.69, 9.17) is 20.8 Å². The summed E-state index contributed by atoms with van der Waals surface area (Å²) in [6.07, 6.45) is 6.74. The first kappa shape index (κ1) is 13.6. The summed E-state index contributed by atoms with van der Waals surface area (Å²) in [5.41, 5.74) is 0. The van der Waals surface area contributed by atoms with E-state index in [1.54, 1.807) is 6.92 Å². The van der Waals surface area contributed by atoms with Crippen LogP contribution in [0.4, 0.5) is 6.01 Å². The largest absolute Gasteiger partial charge is 0.407 e. The zero-order chi connectivity index (χ0) is 12.8. The second-order valence-electron chi connectivity index (χ2n) is 4.62. The smallest absolute Gasteiger partial charge is 0.315 e. The van der Waals surface area contributed by atoms with Gasteiger partial charge in [-0.2, -0.15) is 0 Å². The lowest BCUT2D eigenvalue weighted by atomic mass is 9.98. The summed E-state index contributed by atoms with van der Waals surface area (Å²) in [7, 11) is 0. The molecule has 0 aromatic carbocycles. The third kappa shape index (κ3) is 4.14. The van der Waals surface area contributed by atoms with E-state index in [2.05, 4.69) is 15.5 Å². The van der Waals surface area contributed by atoms with Crippen LogP contribution < -0.4 is 5.32 Å². The van der Waals surface area contributed by atoms with E-state index in [-0.39, 0.29) is 5.38 Å². The van der Waals surface area contributed by atoms with Gasteiger partial charge in [-0.15, -0.1) is 16.7 Å². The molecule has 1 aliphatic carbocycles. The zero-order valence-corrected chi connectivity index (χ0v) is 11.4. The van der Waals surface area contributed by atoms with Crippen molar-refractivity contribution in [2.45, 2.75) is 50.5 Å². The number of aromatic nitrogens is 2. The molecule has 102 valence electrons. The number of nitrogens with zero attached hydrogens (tertiary/aromatic N) is 2. The highest BCUT2D eigenvalue weighted by Gasteiger charge is 2.14. The van der Waals surface area contributed by atoms with E-state index in [0.29, 0.717) is 31.2 Å². The number of nitrogens with one attached hydrogen (secondary N) is 1. The predicted molar refractivity (Wildman–Crippen MR) is 69.9 cm³/mol. The van der Waals surface area contributed by atoms with Gasteiger partial charge in [-0.25, -0.2) is 0 Å². The maximum Gasteiger partial charge on any atom is 0.315 e. The normalized spacial score (nSPS) is 18.8. The first-order valence-corrected chi connectivity index (χ1v) is 7.02. The van der Waals surface area contributed by atoms with Crippen molar-refractivity contribution in [3.05, 3.63) is 5.89 Å². The zero-order valence-electron chi connectivity index (χ0n) is 10.7. The number of hydrogen-bond donors (Lipinski definition) is 1. The van der Waals surface area contributed by atoms with Crippen LogP contribution in [-0.2, 0) is 4.74 Å². The lowest BCUT2D eigenvalue weighted by Crippen LogP contribution is -2.20. The standard InChI is InChI=1S/C12H20ClN3O2/c1-9(13)11-15-16-12(18-11)14-7-8-17-10-5-3-2-4-6-10/h9-10H,2-8H2,1H3,(H,14,16). The summed E-state index contributed by atoms with van der Waals surface area (Å²) in [6, 6.07) is 0.407. The van der Waals surface area contributed by atoms with Gasteiger partial charge < -0.3 is 14.5 Å². The highest BCUT2D eigenvalue weighted by atomic mass is 35.5. The number of rotatable bonds is 6. The minimum Gasteiger partial charge on any atom is -0.407 e. The summed E-state index contributed by atoms with van der Waals surface area (Å²) in [6.45, 7) is 3.14. The fourth-order valence-electron chi connectivity index (χ4n) is 2.08. The number of hydrogen-bond acceptors (Lipinski definition) is 5. The summed E-state index contributed by atoms with van der Waals surface area (Å²) >= 11 is 5.83. The molecule has 1 saturated carbocycles. The van der Waals surface area contributed by atoms with E-state index in [1.807, 2.05) is 0 Å². The van der Waals surface area contributed by atoms with E-state index in [0.717, 1.165) is 0 Å². The highest BCUT2D eigenvalue weighted by Crippen LogP contribution is 2.20. The molecule has 0 saturated heterocycles. The number of ether oxygens (including phenoxy) is 1. The van der Waals surface area contributed by atoms with Crippen LogP contribution >= 0.6 is 11.6 Å². The van der Waals surface area contributed by atoms with E-state index < -0.39 is 0 Å². The fourth-order valence-corrected chi connectivity index (χ4v) is 2.17. The third-order valence-corrected chi connectivity index (χ3v) is 3.25. The van der Waals surface area contributed by atoms with Gasteiger partial charge in [0.15, 0.2) is 0 Å². The average molecular weight is 274 g/mol. The molecule has 1 atom stereocenters. The Bertz CT molecular complexity index is 351. The van der Waals surface area contributed by atoms with Gasteiger partial charge in [-0.3, -0.25) is 0 Å². The number of halogens is 1. The molecule has 6 heteroatoms. The van der Waals surface area contributed by atoms with Crippen LogP contribution in [0.25, 0.3) is 0 Å². The molecule has 0 radical (unpaired) electrons. The van der Waals surface area contributed by atoms with Crippen LogP contribution in [-0.4, -0.2) is 29.5 Å². The monoisotopic (exact) mass is 273 g/mol. The quantitative estimate of drug-likeness (QED) is 0.637. The van der Waals surface area contributed by atoms with Crippen LogP contribution in [0.2, 0.25) is 0 Å². The molecule has 0 amide bonds. The molecule has 1 N–H and O–H groups in total. The molecule has 1 heterocycles. The van der Waals surface area contributed by atoms with Gasteiger partial charge in [0.1, 0.15) is 5.38 Å². The number of alkyl halides is 1. The Balaban J connectivity index is 1.62. The van der Waals surface area contributed by atoms with Crippen molar-refractivity contribution in [2.75, 3.05) is 18.5 Å². The highest BCUT2D eigenvalue weighted by molar-refractivity contribution is 6.20.